The third-order valence-electron chi connectivity index (χ3n) is 4.03. The number of benzene rings is 1. The summed E-state index contributed by atoms with van der Waals surface area (Å²) in [4.78, 5) is 12.0. The van der Waals surface area contributed by atoms with Crippen LogP contribution in [0, 0.1) is 11.2 Å². The normalized spacial score (nSPS) is 16.1. The number of halogens is 3. The van der Waals surface area contributed by atoms with Gasteiger partial charge in [-0.25, -0.2) is 4.39 Å². The number of carbonyl (C=O) groups excluding carboxylic acids is 1. The average Bonchev–Trinajstić information content (AvgIpc) is 2.53. The molecule has 24 heavy (non-hydrogen) atoms. The summed E-state index contributed by atoms with van der Waals surface area (Å²) in [6.07, 6.45) is 1.93. The molecule has 1 amide bonds. The summed E-state index contributed by atoms with van der Waals surface area (Å²) < 4.78 is 24.2. The van der Waals surface area contributed by atoms with E-state index in [-0.39, 0.29) is 36.2 Å². The Morgan fingerprint density at radius 2 is 2.12 bits per heavy atom. The molecule has 136 valence electrons. The minimum absolute atomic E-state index is 0. The zero-order chi connectivity index (χ0) is 16.7. The number of amides is 1. The van der Waals surface area contributed by atoms with Crippen molar-refractivity contribution in [2.24, 2.45) is 5.41 Å². The topological polar surface area (TPSA) is 59.6 Å². The standard InChI is InChI=1S/C16H22BrFN2O3.ClH/c1-22-11-16(4-6-19-7-5-16)10-20-15(21)9-23-14-3-2-12(18)8-13(14)17;/h2-3,8,19H,4-7,9-11H2,1H3,(H,20,21);1H. The number of rotatable bonds is 7. The fourth-order valence-corrected chi connectivity index (χ4v) is 3.17. The lowest BCUT2D eigenvalue weighted by Gasteiger charge is -2.37. The van der Waals surface area contributed by atoms with E-state index >= 15 is 0 Å². The maximum Gasteiger partial charge on any atom is 0.257 e. The highest BCUT2D eigenvalue weighted by Crippen LogP contribution is 2.28. The molecule has 0 atom stereocenters. The maximum atomic E-state index is 13.0. The number of ether oxygens (including phenoxy) is 2. The molecule has 5 nitrogen and oxygen atoms in total. The van der Waals surface area contributed by atoms with E-state index in [0.29, 0.717) is 23.4 Å². The first-order chi connectivity index (χ1) is 11.0. The highest BCUT2D eigenvalue weighted by molar-refractivity contribution is 9.10. The fraction of sp³-hybridized carbons (Fsp3) is 0.562. The van der Waals surface area contributed by atoms with Gasteiger partial charge in [0.1, 0.15) is 11.6 Å². The van der Waals surface area contributed by atoms with Gasteiger partial charge in [0, 0.05) is 19.1 Å². The number of methoxy groups -OCH3 is 1. The monoisotopic (exact) mass is 424 g/mol. The average molecular weight is 426 g/mol. The van der Waals surface area contributed by atoms with Crippen molar-refractivity contribution in [3.05, 3.63) is 28.5 Å². The summed E-state index contributed by atoms with van der Waals surface area (Å²) in [7, 11) is 1.68. The molecule has 0 spiro atoms. The molecule has 0 radical (unpaired) electrons. The van der Waals surface area contributed by atoms with E-state index < -0.39 is 0 Å². The van der Waals surface area contributed by atoms with Gasteiger partial charge in [-0.3, -0.25) is 4.79 Å². The van der Waals surface area contributed by atoms with Crippen LogP contribution in [0.3, 0.4) is 0 Å². The van der Waals surface area contributed by atoms with Crippen LogP contribution in [0.4, 0.5) is 4.39 Å². The molecular formula is C16H23BrClFN2O3. The van der Waals surface area contributed by atoms with Gasteiger partial charge >= 0.3 is 0 Å². The van der Waals surface area contributed by atoms with Gasteiger partial charge in [0.15, 0.2) is 6.61 Å². The molecule has 8 heteroatoms. The molecule has 1 aliphatic rings. The summed E-state index contributed by atoms with van der Waals surface area (Å²) in [5.74, 6) is -0.119. The van der Waals surface area contributed by atoms with Crippen molar-refractivity contribution in [1.82, 2.24) is 10.6 Å². The van der Waals surface area contributed by atoms with Crippen LogP contribution in [0.2, 0.25) is 0 Å². The molecule has 2 N–H and O–H groups in total. The SMILES string of the molecule is COCC1(CNC(=O)COc2ccc(F)cc2Br)CCNCC1.Cl. The minimum atomic E-state index is -0.360. The molecule has 1 aliphatic heterocycles. The van der Waals surface area contributed by atoms with Crippen LogP contribution in [0.15, 0.2) is 22.7 Å². The second-order valence-corrected chi connectivity index (χ2v) is 6.68. The Morgan fingerprint density at radius 3 is 2.75 bits per heavy atom. The molecule has 0 aliphatic carbocycles. The van der Waals surface area contributed by atoms with Crippen molar-refractivity contribution >= 4 is 34.2 Å². The highest BCUT2D eigenvalue weighted by atomic mass is 79.9. The van der Waals surface area contributed by atoms with Crippen LogP contribution in [-0.2, 0) is 9.53 Å². The number of hydrogen-bond donors (Lipinski definition) is 2. The molecule has 1 saturated heterocycles. The lowest BCUT2D eigenvalue weighted by atomic mass is 9.79. The number of hydrogen-bond acceptors (Lipinski definition) is 4. The van der Waals surface area contributed by atoms with Crippen molar-refractivity contribution in [1.29, 1.82) is 0 Å². The predicted molar refractivity (Wildman–Crippen MR) is 96.3 cm³/mol. The third-order valence-corrected chi connectivity index (χ3v) is 4.65. The molecule has 0 aromatic heterocycles. The lowest BCUT2D eigenvalue weighted by molar-refractivity contribution is -0.124. The second-order valence-electron chi connectivity index (χ2n) is 5.82. The summed E-state index contributed by atoms with van der Waals surface area (Å²) >= 11 is 3.21. The maximum absolute atomic E-state index is 13.0. The Morgan fingerprint density at radius 1 is 1.42 bits per heavy atom. The van der Waals surface area contributed by atoms with E-state index in [2.05, 4.69) is 26.6 Å². The lowest BCUT2D eigenvalue weighted by Crippen LogP contribution is -2.47. The van der Waals surface area contributed by atoms with Crippen molar-refractivity contribution in [3.8, 4) is 5.75 Å². The number of nitrogens with one attached hydrogen (secondary N) is 2. The summed E-state index contributed by atoms with van der Waals surface area (Å²) in [5, 5.41) is 6.23. The molecule has 0 saturated carbocycles. The van der Waals surface area contributed by atoms with E-state index in [1.165, 1.54) is 18.2 Å². The van der Waals surface area contributed by atoms with Gasteiger partial charge in [0.25, 0.3) is 5.91 Å². The zero-order valence-electron chi connectivity index (χ0n) is 13.6. The first kappa shape index (κ1) is 21.2. The molecule has 1 fully saturated rings. The van der Waals surface area contributed by atoms with Crippen molar-refractivity contribution in [3.63, 3.8) is 0 Å². The fourth-order valence-electron chi connectivity index (χ4n) is 2.71. The van der Waals surface area contributed by atoms with Gasteiger partial charge < -0.3 is 20.1 Å². The molecule has 1 aromatic rings. The quantitative estimate of drug-likeness (QED) is 0.705. The number of piperidine rings is 1. The van der Waals surface area contributed by atoms with Crippen LogP contribution in [0.1, 0.15) is 12.8 Å². The second kappa shape index (κ2) is 10.2. The Balaban J connectivity index is 0.00000288. The molecule has 0 unspecified atom stereocenters. The Labute approximate surface area is 156 Å². The van der Waals surface area contributed by atoms with Crippen LogP contribution in [0.25, 0.3) is 0 Å². The molecule has 1 aromatic carbocycles. The summed E-state index contributed by atoms with van der Waals surface area (Å²) in [6.45, 7) is 2.94. The predicted octanol–water partition coefficient (Wildman–Crippen LogP) is 2.52. The summed E-state index contributed by atoms with van der Waals surface area (Å²) in [6, 6.07) is 4.09. The van der Waals surface area contributed by atoms with Crippen molar-refractivity contribution in [2.45, 2.75) is 12.8 Å². The first-order valence-corrected chi connectivity index (χ1v) is 8.38. The van der Waals surface area contributed by atoms with Crippen molar-refractivity contribution in [2.75, 3.05) is 40.0 Å². The third kappa shape index (κ3) is 6.20. The van der Waals surface area contributed by atoms with E-state index in [4.69, 9.17) is 9.47 Å². The van der Waals surface area contributed by atoms with E-state index in [1.54, 1.807) is 7.11 Å². The smallest absolute Gasteiger partial charge is 0.257 e. The zero-order valence-corrected chi connectivity index (χ0v) is 16.0. The molecule has 1 heterocycles. The van der Waals surface area contributed by atoms with Crippen LogP contribution < -0.4 is 15.4 Å². The minimum Gasteiger partial charge on any atom is -0.483 e. The molecule has 0 bridgehead atoms. The Kier molecular flexibility index (Phi) is 8.97. The van der Waals surface area contributed by atoms with Crippen LogP contribution >= 0.6 is 28.3 Å². The van der Waals surface area contributed by atoms with Crippen LogP contribution in [-0.4, -0.2) is 45.9 Å². The van der Waals surface area contributed by atoms with E-state index in [0.717, 1.165) is 25.9 Å². The number of carbonyl (C=O) groups is 1. The van der Waals surface area contributed by atoms with Gasteiger partial charge in [-0.15, -0.1) is 12.4 Å². The molecular weight excluding hydrogens is 403 g/mol. The highest BCUT2D eigenvalue weighted by Gasteiger charge is 2.32. The first-order valence-electron chi connectivity index (χ1n) is 7.59. The molecule has 2 rings (SSSR count). The van der Waals surface area contributed by atoms with E-state index in [9.17, 15) is 9.18 Å². The Bertz CT molecular complexity index is 537. The van der Waals surface area contributed by atoms with Gasteiger partial charge in [0.05, 0.1) is 11.1 Å². The Hall–Kier alpha value is -0.890. The van der Waals surface area contributed by atoms with Crippen LogP contribution in [0.5, 0.6) is 5.75 Å². The van der Waals surface area contributed by atoms with Gasteiger partial charge in [0.2, 0.25) is 0 Å². The summed E-state index contributed by atoms with van der Waals surface area (Å²) in [5.41, 5.74) is -0.0217. The van der Waals surface area contributed by atoms with Crippen molar-refractivity contribution < 1.29 is 18.7 Å². The van der Waals surface area contributed by atoms with E-state index in [1.807, 2.05) is 0 Å². The van der Waals surface area contributed by atoms with Gasteiger partial charge in [-0.05, 0) is 60.1 Å². The van der Waals surface area contributed by atoms with Gasteiger partial charge in [-0.2, -0.15) is 0 Å². The largest absolute Gasteiger partial charge is 0.483 e. The van der Waals surface area contributed by atoms with Gasteiger partial charge in [-0.1, -0.05) is 0 Å².